The van der Waals surface area contributed by atoms with Crippen LogP contribution in [0.3, 0.4) is 0 Å². The van der Waals surface area contributed by atoms with E-state index in [0.717, 1.165) is 16.7 Å². The summed E-state index contributed by atoms with van der Waals surface area (Å²) in [7, 11) is -2.78. The monoisotopic (exact) mass is 596 g/mol. The molecule has 1 N–H and O–H groups in total. The van der Waals surface area contributed by atoms with Crippen LogP contribution in [0.5, 0.6) is 0 Å². The van der Waals surface area contributed by atoms with Gasteiger partial charge in [0.05, 0.1) is 6.61 Å². The third-order valence-corrected chi connectivity index (χ3v) is 13.0. The van der Waals surface area contributed by atoms with Crippen molar-refractivity contribution in [1.82, 2.24) is 0 Å². The molecule has 0 aromatic heterocycles. The van der Waals surface area contributed by atoms with Gasteiger partial charge in [0.25, 0.3) is 8.32 Å². The Morgan fingerprint density at radius 1 is 0.591 bits per heavy atom. The highest BCUT2D eigenvalue weighted by atomic mass is 28.4. The predicted molar refractivity (Wildman–Crippen MR) is 183 cm³/mol. The summed E-state index contributed by atoms with van der Waals surface area (Å²) in [5.41, 5.74) is 2.16. The van der Waals surface area contributed by atoms with Crippen LogP contribution in [0.15, 0.2) is 152 Å². The van der Waals surface area contributed by atoms with E-state index in [0.29, 0.717) is 0 Å². The van der Waals surface area contributed by atoms with Crippen LogP contribution >= 0.6 is 0 Å². The van der Waals surface area contributed by atoms with Crippen molar-refractivity contribution in [2.75, 3.05) is 13.2 Å². The van der Waals surface area contributed by atoms with Gasteiger partial charge in [-0.2, -0.15) is 0 Å². The van der Waals surface area contributed by atoms with E-state index < -0.39 is 20.0 Å². The average Bonchev–Trinajstić information content (AvgIpc) is 3.07. The first-order valence-electron chi connectivity index (χ1n) is 15.1. The largest absolute Gasteiger partial charge is 0.404 e. The zero-order valence-electron chi connectivity index (χ0n) is 25.7. The van der Waals surface area contributed by atoms with E-state index in [-0.39, 0.29) is 18.3 Å². The molecule has 3 nitrogen and oxygen atoms in total. The van der Waals surface area contributed by atoms with Crippen molar-refractivity contribution in [3.63, 3.8) is 0 Å². The van der Waals surface area contributed by atoms with Crippen LogP contribution in [0.1, 0.15) is 37.5 Å². The number of rotatable bonds is 10. The summed E-state index contributed by atoms with van der Waals surface area (Å²) in [6, 6.07) is 51.5. The van der Waals surface area contributed by atoms with Crippen molar-refractivity contribution in [2.24, 2.45) is 0 Å². The Morgan fingerprint density at radius 2 is 0.955 bits per heavy atom. The van der Waals surface area contributed by atoms with Gasteiger partial charge in [0.1, 0.15) is 18.3 Å². The SMILES string of the molecule is CC(C)(C)[Si](OC[C@@H](O)C#CCOC(c1ccccc1)(c1ccccc1)c1ccccc1)(c1ccccc1)c1ccccc1. The van der Waals surface area contributed by atoms with Crippen LogP contribution in [0.4, 0.5) is 0 Å². The molecule has 0 aliphatic heterocycles. The normalized spacial score (nSPS) is 12.6. The molecule has 0 bridgehead atoms. The maximum Gasteiger partial charge on any atom is 0.261 e. The molecule has 44 heavy (non-hydrogen) atoms. The van der Waals surface area contributed by atoms with E-state index in [1.165, 1.54) is 10.4 Å². The second-order valence-electron chi connectivity index (χ2n) is 11.9. The summed E-state index contributed by atoms with van der Waals surface area (Å²) in [6.45, 7) is 6.89. The summed E-state index contributed by atoms with van der Waals surface area (Å²) < 4.78 is 13.6. The zero-order valence-corrected chi connectivity index (χ0v) is 26.7. The second-order valence-corrected chi connectivity index (χ2v) is 16.2. The number of hydrogen-bond acceptors (Lipinski definition) is 3. The molecule has 222 valence electrons. The standard InChI is InChI=1S/C40H40O3Si/c1-39(2,3)44(37-27-15-7-16-28-37,38-29-17-8-18-30-38)43-32-36(41)26-19-31-42-40(33-20-9-4-10-21-33,34-22-11-5-12-23-34)35-24-13-6-14-25-35/h4-18,20-25,27-30,36,41H,31-32H2,1-3H3/t36-/m0/s1. The third-order valence-electron chi connectivity index (χ3n) is 8.04. The quantitative estimate of drug-likeness (QED) is 0.108. The highest BCUT2D eigenvalue weighted by molar-refractivity contribution is 6.99. The van der Waals surface area contributed by atoms with Crippen LogP contribution in [-0.2, 0) is 14.8 Å². The fourth-order valence-electron chi connectivity index (χ4n) is 6.08. The van der Waals surface area contributed by atoms with Gasteiger partial charge in [-0.15, -0.1) is 0 Å². The van der Waals surface area contributed by atoms with Crippen molar-refractivity contribution in [3.05, 3.63) is 168 Å². The molecule has 0 heterocycles. The molecule has 0 saturated heterocycles. The average molecular weight is 597 g/mol. The molecular weight excluding hydrogens is 557 g/mol. The highest BCUT2D eigenvalue weighted by Crippen LogP contribution is 2.40. The Balaban J connectivity index is 1.42. The third kappa shape index (κ3) is 6.48. The van der Waals surface area contributed by atoms with Gasteiger partial charge in [-0.25, -0.2) is 0 Å². The molecule has 0 saturated carbocycles. The van der Waals surface area contributed by atoms with E-state index in [1.807, 2.05) is 66.7 Å². The van der Waals surface area contributed by atoms with Crippen molar-refractivity contribution in [1.29, 1.82) is 0 Å². The summed E-state index contributed by atoms with van der Waals surface area (Å²) in [5.74, 6) is 6.13. The van der Waals surface area contributed by atoms with Crippen LogP contribution in [0, 0.1) is 11.8 Å². The van der Waals surface area contributed by atoms with Gasteiger partial charge in [0.2, 0.25) is 0 Å². The predicted octanol–water partition coefficient (Wildman–Crippen LogP) is 6.94. The first kappa shape index (κ1) is 31.2. The van der Waals surface area contributed by atoms with Gasteiger partial charge in [-0.3, -0.25) is 0 Å². The maximum atomic E-state index is 11.1. The summed E-state index contributed by atoms with van der Waals surface area (Å²) in [4.78, 5) is 0. The Labute approximate surface area is 263 Å². The zero-order chi connectivity index (χ0) is 30.9. The van der Waals surface area contributed by atoms with E-state index >= 15 is 0 Å². The van der Waals surface area contributed by atoms with Gasteiger partial charge >= 0.3 is 0 Å². The van der Waals surface area contributed by atoms with Crippen LogP contribution in [-0.4, -0.2) is 32.7 Å². The first-order chi connectivity index (χ1) is 21.4. The summed E-state index contributed by atoms with van der Waals surface area (Å²) >= 11 is 0. The number of benzene rings is 5. The summed E-state index contributed by atoms with van der Waals surface area (Å²) in [6.07, 6.45) is -0.972. The molecule has 1 atom stereocenters. The molecule has 5 aromatic rings. The highest BCUT2D eigenvalue weighted by Gasteiger charge is 2.50. The van der Waals surface area contributed by atoms with E-state index in [9.17, 15) is 5.11 Å². The molecule has 5 rings (SSSR count). The van der Waals surface area contributed by atoms with Gasteiger partial charge in [-0.05, 0) is 32.1 Å². The minimum absolute atomic E-state index is 0.0987. The molecule has 0 amide bonds. The van der Waals surface area contributed by atoms with Crippen LogP contribution in [0.2, 0.25) is 5.04 Å². The Bertz CT molecular complexity index is 1500. The van der Waals surface area contributed by atoms with Gasteiger partial charge < -0.3 is 14.3 Å². The lowest BCUT2D eigenvalue weighted by Crippen LogP contribution is -2.67. The van der Waals surface area contributed by atoms with E-state index in [4.69, 9.17) is 9.16 Å². The van der Waals surface area contributed by atoms with E-state index in [1.54, 1.807) is 0 Å². The second kappa shape index (κ2) is 14.0. The Hall–Kier alpha value is -4.24. The van der Waals surface area contributed by atoms with Gasteiger partial charge in [-0.1, -0.05) is 184 Å². The minimum atomic E-state index is -2.78. The van der Waals surface area contributed by atoms with Crippen molar-refractivity contribution in [2.45, 2.75) is 37.5 Å². The fraction of sp³-hybridized carbons (Fsp3) is 0.200. The fourth-order valence-corrected chi connectivity index (χ4v) is 10.6. The maximum absolute atomic E-state index is 11.1. The minimum Gasteiger partial charge on any atom is -0.404 e. The molecule has 0 unspecified atom stereocenters. The number of ether oxygens (including phenoxy) is 1. The van der Waals surface area contributed by atoms with Crippen molar-refractivity contribution in [3.8, 4) is 11.8 Å². The number of hydrogen-bond donors (Lipinski definition) is 1. The lowest BCUT2D eigenvalue weighted by Gasteiger charge is -2.43. The van der Waals surface area contributed by atoms with Crippen LogP contribution in [0.25, 0.3) is 0 Å². The van der Waals surface area contributed by atoms with Crippen molar-refractivity contribution < 1.29 is 14.3 Å². The molecule has 0 spiro atoms. The number of aliphatic hydroxyl groups excluding tert-OH is 1. The molecule has 0 radical (unpaired) electrons. The smallest absolute Gasteiger partial charge is 0.261 e. The van der Waals surface area contributed by atoms with Crippen molar-refractivity contribution >= 4 is 18.7 Å². The molecule has 0 aliphatic carbocycles. The van der Waals surface area contributed by atoms with Gasteiger partial charge in [0.15, 0.2) is 0 Å². The molecule has 4 heteroatoms. The Morgan fingerprint density at radius 3 is 1.32 bits per heavy atom. The lowest BCUT2D eigenvalue weighted by atomic mass is 9.80. The van der Waals surface area contributed by atoms with Gasteiger partial charge in [0, 0.05) is 0 Å². The van der Waals surface area contributed by atoms with E-state index in [2.05, 4.69) is 118 Å². The number of aliphatic hydroxyl groups is 1. The van der Waals surface area contributed by atoms with Crippen LogP contribution < -0.4 is 10.4 Å². The molecule has 0 aliphatic rings. The molecular formula is C40H40O3Si. The Kier molecular flexibility index (Phi) is 9.94. The topological polar surface area (TPSA) is 38.7 Å². The molecule has 0 fully saturated rings. The molecule has 5 aromatic carbocycles. The lowest BCUT2D eigenvalue weighted by molar-refractivity contribution is 0.0351. The first-order valence-corrected chi connectivity index (χ1v) is 17.0. The summed E-state index contributed by atoms with van der Waals surface area (Å²) in [5, 5.41) is 13.3.